The molecule has 4 nitrogen and oxygen atoms in total. The van der Waals surface area contributed by atoms with Gasteiger partial charge in [-0.3, -0.25) is 4.79 Å². The van der Waals surface area contributed by atoms with E-state index in [-0.39, 0.29) is 16.0 Å². The SMILES string of the molecule is CC(Sc1ccc(Cl)cc1)C(=O)Nc1ccc(C(=O)O)s1. The molecule has 1 aromatic heterocycles. The minimum absolute atomic E-state index is 0.172. The number of thioether (sulfide) groups is 1. The smallest absolute Gasteiger partial charge is 0.345 e. The Labute approximate surface area is 135 Å². The van der Waals surface area contributed by atoms with Gasteiger partial charge in [0.15, 0.2) is 0 Å². The number of carbonyl (C=O) groups excluding carboxylic acids is 1. The topological polar surface area (TPSA) is 66.4 Å². The normalized spacial score (nSPS) is 11.9. The maximum absolute atomic E-state index is 12.1. The molecule has 21 heavy (non-hydrogen) atoms. The number of anilines is 1. The first kappa shape index (κ1) is 15.9. The molecule has 110 valence electrons. The second-order valence-corrected chi connectivity index (χ2v) is 7.11. The van der Waals surface area contributed by atoms with Crippen molar-refractivity contribution < 1.29 is 14.7 Å². The second kappa shape index (κ2) is 6.98. The van der Waals surface area contributed by atoms with Gasteiger partial charge in [-0.2, -0.15) is 0 Å². The molecule has 1 amide bonds. The van der Waals surface area contributed by atoms with Crippen LogP contribution in [0.2, 0.25) is 5.02 Å². The number of carboxylic acid groups (broad SMARTS) is 1. The molecule has 2 rings (SSSR count). The minimum atomic E-state index is -0.996. The quantitative estimate of drug-likeness (QED) is 0.799. The number of carboxylic acids is 1. The van der Waals surface area contributed by atoms with E-state index < -0.39 is 5.97 Å². The Morgan fingerprint density at radius 1 is 1.24 bits per heavy atom. The first-order chi connectivity index (χ1) is 9.95. The molecule has 1 heterocycles. The van der Waals surface area contributed by atoms with E-state index in [1.807, 2.05) is 12.1 Å². The average Bonchev–Trinajstić information content (AvgIpc) is 2.90. The molecule has 0 bridgehead atoms. The zero-order valence-corrected chi connectivity index (χ0v) is 13.4. The lowest BCUT2D eigenvalue weighted by molar-refractivity contribution is -0.115. The van der Waals surface area contributed by atoms with Crippen molar-refractivity contribution in [2.45, 2.75) is 17.1 Å². The van der Waals surface area contributed by atoms with Crippen molar-refractivity contribution in [3.8, 4) is 0 Å². The minimum Gasteiger partial charge on any atom is -0.477 e. The third kappa shape index (κ3) is 4.49. The van der Waals surface area contributed by atoms with E-state index in [1.165, 1.54) is 17.8 Å². The summed E-state index contributed by atoms with van der Waals surface area (Å²) in [5, 5.41) is 12.4. The van der Waals surface area contributed by atoms with E-state index in [4.69, 9.17) is 16.7 Å². The van der Waals surface area contributed by atoms with Crippen LogP contribution >= 0.6 is 34.7 Å². The number of carbonyl (C=O) groups is 2. The number of rotatable bonds is 5. The number of nitrogens with one attached hydrogen (secondary N) is 1. The molecule has 1 atom stereocenters. The molecule has 0 spiro atoms. The highest BCUT2D eigenvalue weighted by atomic mass is 35.5. The van der Waals surface area contributed by atoms with Gasteiger partial charge in [-0.1, -0.05) is 11.6 Å². The van der Waals surface area contributed by atoms with Crippen LogP contribution in [0.25, 0.3) is 0 Å². The van der Waals surface area contributed by atoms with Gasteiger partial charge in [0, 0.05) is 9.92 Å². The van der Waals surface area contributed by atoms with Crippen molar-refractivity contribution in [2.75, 3.05) is 5.32 Å². The van der Waals surface area contributed by atoms with Gasteiger partial charge in [-0.25, -0.2) is 4.79 Å². The largest absolute Gasteiger partial charge is 0.477 e. The van der Waals surface area contributed by atoms with Gasteiger partial charge in [0.1, 0.15) is 4.88 Å². The number of thiophene rings is 1. The Morgan fingerprint density at radius 2 is 1.90 bits per heavy atom. The second-order valence-electron chi connectivity index (χ2n) is 4.17. The molecule has 2 aromatic rings. The third-order valence-corrected chi connectivity index (χ3v) is 4.91. The molecule has 2 N–H and O–H groups in total. The number of hydrogen-bond acceptors (Lipinski definition) is 4. The van der Waals surface area contributed by atoms with Crippen molar-refractivity contribution in [3.05, 3.63) is 46.3 Å². The van der Waals surface area contributed by atoms with Gasteiger partial charge >= 0.3 is 5.97 Å². The van der Waals surface area contributed by atoms with Crippen molar-refractivity contribution in [2.24, 2.45) is 0 Å². The van der Waals surface area contributed by atoms with Gasteiger partial charge in [-0.15, -0.1) is 23.1 Å². The van der Waals surface area contributed by atoms with Crippen LogP contribution in [0.3, 0.4) is 0 Å². The van der Waals surface area contributed by atoms with Crippen LogP contribution in [0.5, 0.6) is 0 Å². The Kier molecular flexibility index (Phi) is 5.27. The fourth-order valence-electron chi connectivity index (χ4n) is 1.51. The molecular formula is C14H12ClNO3S2. The van der Waals surface area contributed by atoms with E-state index in [0.717, 1.165) is 16.2 Å². The van der Waals surface area contributed by atoms with Crippen molar-refractivity contribution in [1.29, 1.82) is 0 Å². The Bertz CT molecular complexity index is 654. The van der Waals surface area contributed by atoms with Crippen molar-refractivity contribution in [1.82, 2.24) is 0 Å². The summed E-state index contributed by atoms with van der Waals surface area (Å²) in [6, 6.07) is 10.3. The monoisotopic (exact) mass is 341 g/mol. The van der Waals surface area contributed by atoms with Crippen LogP contribution in [0.15, 0.2) is 41.3 Å². The number of halogens is 1. The van der Waals surface area contributed by atoms with E-state index in [1.54, 1.807) is 25.1 Å². The van der Waals surface area contributed by atoms with E-state index >= 15 is 0 Å². The summed E-state index contributed by atoms with van der Waals surface area (Å²) < 4.78 is 0. The molecule has 0 radical (unpaired) electrons. The van der Waals surface area contributed by atoms with Crippen LogP contribution < -0.4 is 5.32 Å². The summed E-state index contributed by atoms with van der Waals surface area (Å²) in [6.45, 7) is 1.79. The highest BCUT2D eigenvalue weighted by Gasteiger charge is 2.16. The van der Waals surface area contributed by atoms with Gasteiger partial charge in [0.25, 0.3) is 0 Å². The standard InChI is InChI=1S/C14H12ClNO3S2/c1-8(20-10-4-2-9(15)3-5-10)13(17)16-12-7-6-11(21-12)14(18)19/h2-8H,1H3,(H,16,17)(H,18,19). The maximum atomic E-state index is 12.1. The Morgan fingerprint density at radius 3 is 2.48 bits per heavy atom. The lowest BCUT2D eigenvalue weighted by atomic mass is 10.4. The van der Waals surface area contributed by atoms with Crippen molar-refractivity contribution >= 4 is 51.6 Å². The molecule has 0 saturated heterocycles. The fourth-order valence-corrected chi connectivity index (χ4v) is 3.26. The number of hydrogen-bond donors (Lipinski definition) is 2. The Hall–Kier alpha value is -1.50. The molecule has 7 heteroatoms. The highest BCUT2D eigenvalue weighted by molar-refractivity contribution is 8.00. The zero-order valence-electron chi connectivity index (χ0n) is 11.0. The van der Waals surface area contributed by atoms with Crippen LogP contribution in [-0.2, 0) is 4.79 Å². The predicted molar refractivity (Wildman–Crippen MR) is 86.7 cm³/mol. The molecule has 0 aliphatic rings. The molecule has 0 aliphatic heterocycles. The van der Waals surface area contributed by atoms with Crippen LogP contribution in [0.4, 0.5) is 5.00 Å². The van der Waals surface area contributed by atoms with Crippen LogP contribution in [-0.4, -0.2) is 22.2 Å². The summed E-state index contributed by atoms with van der Waals surface area (Å²) >= 11 is 8.26. The summed E-state index contributed by atoms with van der Waals surface area (Å²) in [4.78, 5) is 24.0. The van der Waals surface area contributed by atoms with Gasteiger partial charge < -0.3 is 10.4 Å². The first-order valence-electron chi connectivity index (χ1n) is 6.02. The Balaban J connectivity index is 1.95. The molecule has 1 unspecified atom stereocenters. The average molecular weight is 342 g/mol. The van der Waals surface area contributed by atoms with Crippen LogP contribution in [0, 0.1) is 0 Å². The highest BCUT2D eigenvalue weighted by Crippen LogP contribution is 2.27. The van der Waals surface area contributed by atoms with E-state index in [0.29, 0.717) is 10.0 Å². The van der Waals surface area contributed by atoms with Gasteiger partial charge in [0.2, 0.25) is 5.91 Å². The summed E-state index contributed by atoms with van der Waals surface area (Å²) in [6.07, 6.45) is 0. The molecular weight excluding hydrogens is 330 g/mol. The fraction of sp³-hybridized carbons (Fsp3) is 0.143. The predicted octanol–water partition coefficient (Wildman–Crippen LogP) is 4.22. The summed E-state index contributed by atoms with van der Waals surface area (Å²) in [5.74, 6) is -1.17. The lowest BCUT2D eigenvalue weighted by Gasteiger charge is -2.10. The number of amides is 1. The molecule has 0 fully saturated rings. The van der Waals surface area contributed by atoms with Crippen LogP contribution in [0.1, 0.15) is 16.6 Å². The molecule has 0 saturated carbocycles. The zero-order chi connectivity index (χ0) is 15.4. The number of benzene rings is 1. The maximum Gasteiger partial charge on any atom is 0.345 e. The molecule has 0 aliphatic carbocycles. The number of aromatic carboxylic acids is 1. The van der Waals surface area contributed by atoms with Gasteiger partial charge in [-0.05, 0) is 43.3 Å². The van der Waals surface area contributed by atoms with Gasteiger partial charge in [0.05, 0.1) is 10.3 Å². The lowest BCUT2D eigenvalue weighted by Crippen LogP contribution is -2.21. The summed E-state index contributed by atoms with van der Waals surface area (Å²) in [7, 11) is 0. The van der Waals surface area contributed by atoms with E-state index in [2.05, 4.69) is 5.32 Å². The third-order valence-electron chi connectivity index (χ3n) is 2.56. The first-order valence-corrected chi connectivity index (χ1v) is 8.09. The van der Waals surface area contributed by atoms with Crippen molar-refractivity contribution in [3.63, 3.8) is 0 Å². The molecule has 1 aromatic carbocycles. The summed E-state index contributed by atoms with van der Waals surface area (Å²) in [5.41, 5.74) is 0. The van der Waals surface area contributed by atoms with E-state index in [9.17, 15) is 9.59 Å².